The van der Waals surface area contributed by atoms with Crippen LogP contribution in [0.2, 0.25) is 0 Å². The molecule has 0 saturated carbocycles. The number of hydrogen-bond donors (Lipinski definition) is 0. The summed E-state index contributed by atoms with van der Waals surface area (Å²) in [6.07, 6.45) is 0. The summed E-state index contributed by atoms with van der Waals surface area (Å²) in [5, 5.41) is 0. The summed E-state index contributed by atoms with van der Waals surface area (Å²) in [5.74, 6) is 2.08. The predicted molar refractivity (Wildman–Crippen MR) is 85.7 cm³/mol. The molecule has 2 aromatic carbocycles. The van der Waals surface area contributed by atoms with Crippen LogP contribution in [-0.4, -0.2) is 31.3 Å². The van der Waals surface area contributed by atoms with E-state index in [-0.39, 0.29) is 19.3 Å². The first-order valence-corrected chi connectivity index (χ1v) is 7.44. The van der Waals surface area contributed by atoms with Gasteiger partial charge in [-0.2, -0.15) is 0 Å². The molecule has 5 heteroatoms. The second kappa shape index (κ2) is 6.60. The molecule has 23 heavy (non-hydrogen) atoms. The molecule has 120 valence electrons. The second-order valence-corrected chi connectivity index (χ2v) is 5.54. The van der Waals surface area contributed by atoms with Crippen molar-refractivity contribution in [3.63, 3.8) is 0 Å². The molecule has 5 nitrogen and oxygen atoms in total. The number of amides is 1. The highest BCUT2D eigenvalue weighted by Gasteiger charge is 2.15. The van der Waals surface area contributed by atoms with Crippen molar-refractivity contribution < 1.29 is 19.0 Å². The predicted octanol–water partition coefficient (Wildman–Crippen LogP) is 2.76. The number of fused-ring (bicyclic) bond motifs is 1. The fourth-order valence-corrected chi connectivity index (χ4v) is 2.29. The minimum atomic E-state index is -0.0803. The molecule has 1 heterocycles. The molecule has 3 rings (SSSR count). The first kappa shape index (κ1) is 15.2. The highest BCUT2D eigenvalue weighted by molar-refractivity contribution is 5.77. The SMILES string of the molecule is Cc1ccc(OCC(=O)N(C)Cc2ccc3c(c2)OCO3)cc1. The lowest BCUT2D eigenvalue weighted by atomic mass is 10.2. The second-order valence-electron chi connectivity index (χ2n) is 5.54. The number of benzene rings is 2. The molecular formula is C18H19NO4. The van der Waals surface area contributed by atoms with E-state index >= 15 is 0 Å². The van der Waals surface area contributed by atoms with Gasteiger partial charge in [-0.15, -0.1) is 0 Å². The van der Waals surface area contributed by atoms with Crippen molar-refractivity contribution in [3.8, 4) is 17.2 Å². The standard InChI is InChI=1S/C18H19NO4/c1-13-3-6-15(7-4-13)21-11-18(20)19(2)10-14-5-8-16-17(9-14)23-12-22-16/h3-9H,10-12H2,1-2H3. The Labute approximate surface area is 135 Å². The van der Waals surface area contributed by atoms with Crippen molar-refractivity contribution in [2.75, 3.05) is 20.4 Å². The Morgan fingerprint density at radius 1 is 1.13 bits per heavy atom. The normalized spacial score (nSPS) is 12.1. The van der Waals surface area contributed by atoms with Crippen LogP contribution in [0.3, 0.4) is 0 Å². The van der Waals surface area contributed by atoms with Crippen molar-refractivity contribution in [2.24, 2.45) is 0 Å². The first-order valence-electron chi connectivity index (χ1n) is 7.44. The van der Waals surface area contributed by atoms with E-state index in [1.807, 2.05) is 49.4 Å². The number of aryl methyl sites for hydroxylation is 1. The third-order valence-corrected chi connectivity index (χ3v) is 3.67. The van der Waals surface area contributed by atoms with Crippen molar-refractivity contribution in [3.05, 3.63) is 53.6 Å². The minimum Gasteiger partial charge on any atom is -0.484 e. The van der Waals surface area contributed by atoms with Gasteiger partial charge in [0, 0.05) is 13.6 Å². The van der Waals surface area contributed by atoms with E-state index in [0.717, 1.165) is 22.6 Å². The molecule has 0 radical (unpaired) electrons. The lowest BCUT2D eigenvalue weighted by Crippen LogP contribution is -2.30. The molecule has 1 amide bonds. The third-order valence-electron chi connectivity index (χ3n) is 3.67. The summed E-state index contributed by atoms with van der Waals surface area (Å²) in [7, 11) is 1.76. The van der Waals surface area contributed by atoms with Gasteiger partial charge in [0.2, 0.25) is 6.79 Å². The van der Waals surface area contributed by atoms with Crippen LogP contribution < -0.4 is 14.2 Å². The van der Waals surface area contributed by atoms with E-state index in [2.05, 4.69) is 0 Å². The average molecular weight is 313 g/mol. The molecule has 1 aliphatic rings. The Bertz CT molecular complexity index is 697. The van der Waals surface area contributed by atoms with Crippen LogP contribution in [0.1, 0.15) is 11.1 Å². The van der Waals surface area contributed by atoms with Crippen LogP contribution in [0.4, 0.5) is 0 Å². The van der Waals surface area contributed by atoms with E-state index in [9.17, 15) is 4.79 Å². The van der Waals surface area contributed by atoms with E-state index < -0.39 is 0 Å². The Morgan fingerprint density at radius 2 is 1.87 bits per heavy atom. The molecule has 0 spiro atoms. The third kappa shape index (κ3) is 3.74. The number of nitrogens with zero attached hydrogens (tertiary/aromatic N) is 1. The fraction of sp³-hybridized carbons (Fsp3) is 0.278. The monoisotopic (exact) mass is 313 g/mol. The summed E-state index contributed by atoms with van der Waals surface area (Å²) in [6.45, 7) is 2.77. The van der Waals surface area contributed by atoms with E-state index in [1.165, 1.54) is 0 Å². The Balaban J connectivity index is 1.54. The maximum Gasteiger partial charge on any atom is 0.260 e. The number of ether oxygens (including phenoxy) is 3. The first-order chi connectivity index (χ1) is 11.1. The van der Waals surface area contributed by atoms with Crippen LogP contribution in [-0.2, 0) is 11.3 Å². The summed E-state index contributed by atoms with van der Waals surface area (Å²) in [5.41, 5.74) is 2.14. The zero-order chi connectivity index (χ0) is 16.2. The molecule has 1 aliphatic heterocycles. The molecule has 0 saturated heterocycles. The van der Waals surface area contributed by atoms with Crippen LogP contribution in [0.5, 0.6) is 17.2 Å². The number of carbonyl (C=O) groups excluding carboxylic acids is 1. The van der Waals surface area contributed by atoms with E-state index in [4.69, 9.17) is 14.2 Å². The Hall–Kier alpha value is -2.69. The maximum atomic E-state index is 12.2. The zero-order valence-electron chi connectivity index (χ0n) is 13.2. The molecule has 0 atom stereocenters. The quantitative estimate of drug-likeness (QED) is 0.851. The van der Waals surface area contributed by atoms with Crippen molar-refractivity contribution in [1.82, 2.24) is 4.90 Å². The van der Waals surface area contributed by atoms with Crippen molar-refractivity contribution >= 4 is 5.91 Å². The number of hydrogen-bond acceptors (Lipinski definition) is 4. The van der Waals surface area contributed by atoms with Gasteiger partial charge in [-0.05, 0) is 36.8 Å². The largest absolute Gasteiger partial charge is 0.484 e. The molecule has 0 fully saturated rings. The molecule has 0 aromatic heterocycles. The van der Waals surface area contributed by atoms with Crippen LogP contribution in [0, 0.1) is 6.92 Å². The molecule has 0 unspecified atom stereocenters. The van der Waals surface area contributed by atoms with Gasteiger partial charge in [-0.1, -0.05) is 23.8 Å². The summed E-state index contributed by atoms with van der Waals surface area (Å²) >= 11 is 0. The van der Waals surface area contributed by atoms with Gasteiger partial charge >= 0.3 is 0 Å². The van der Waals surface area contributed by atoms with Gasteiger partial charge in [-0.25, -0.2) is 0 Å². The molecule has 0 bridgehead atoms. The van der Waals surface area contributed by atoms with Gasteiger partial charge in [0.25, 0.3) is 5.91 Å². The average Bonchev–Trinajstić information content (AvgIpc) is 3.01. The van der Waals surface area contributed by atoms with Crippen LogP contribution in [0.15, 0.2) is 42.5 Å². The van der Waals surface area contributed by atoms with Crippen molar-refractivity contribution in [2.45, 2.75) is 13.5 Å². The number of likely N-dealkylation sites (N-methyl/N-ethyl adjacent to an activating group) is 1. The zero-order valence-corrected chi connectivity index (χ0v) is 13.2. The van der Waals surface area contributed by atoms with Gasteiger partial charge in [0.15, 0.2) is 18.1 Å². The maximum absolute atomic E-state index is 12.2. The topological polar surface area (TPSA) is 48.0 Å². The summed E-state index contributed by atoms with van der Waals surface area (Å²) < 4.78 is 16.1. The summed E-state index contributed by atoms with van der Waals surface area (Å²) in [6, 6.07) is 13.3. The smallest absolute Gasteiger partial charge is 0.260 e. The highest BCUT2D eigenvalue weighted by atomic mass is 16.7. The molecule has 0 N–H and O–H groups in total. The van der Waals surface area contributed by atoms with Crippen LogP contribution >= 0.6 is 0 Å². The molecule has 0 aliphatic carbocycles. The fourth-order valence-electron chi connectivity index (χ4n) is 2.29. The van der Waals surface area contributed by atoms with Crippen LogP contribution in [0.25, 0.3) is 0 Å². The molecule has 2 aromatic rings. The summed E-state index contributed by atoms with van der Waals surface area (Å²) in [4.78, 5) is 13.8. The van der Waals surface area contributed by atoms with E-state index in [1.54, 1.807) is 11.9 Å². The van der Waals surface area contributed by atoms with Gasteiger partial charge < -0.3 is 19.1 Å². The van der Waals surface area contributed by atoms with Crippen molar-refractivity contribution in [1.29, 1.82) is 0 Å². The van der Waals surface area contributed by atoms with Gasteiger partial charge in [0.1, 0.15) is 5.75 Å². The Morgan fingerprint density at radius 3 is 2.65 bits per heavy atom. The number of carbonyl (C=O) groups is 1. The van der Waals surface area contributed by atoms with E-state index in [0.29, 0.717) is 12.3 Å². The molecular weight excluding hydrogens is 294 g/mol. The Kier molecular flexibility index (Phi) is 4.37. The van der Waals surface area contributed by atoms with Gasteiger partial charge in [-0.3, -0.25) is 4.79 Å². The van der Waals surface area contributed by atoms with Gasteiger partial charge in [0.05, 0.1) is 0 Å². The lowest BCUT2D eigenvalue weighted by Gasteiger charge is -2.18. The lowest BCUT2D eigenvalue weighted by molar-refractivity contribution is -0.132. The number of rotatable bonds is 5. The highest BCUT2D eigenvalue weighted by Crippen LogP contribution is 2.32. The minimum absolute atomic E-state index is 0.0180.